The lowest BCUT2D eigenvalue weighted by Gasteiger charge is -2.19. The molecule has 16 heavy (non-hydrogen) atoms. The summed E-state index contributed by atoms with van der Waals surface area (Å²) in [5.41, 5.74) is 3.78. The molecule has 0 aromatic heterocycles. The van der Waals surface area contributed by atoms with E-state index in [0.29, 0.717) is 13.3 Å². The molecule has 0 unspecified atom stereocenters. The SMILES string of the molecule is CC(C)(C)ONCc1cccc2c1OCO2. The van der Waals surface area contributed by atoms with Gasteiger partial charge in [-0.3, -0.25) is 4.84 Å². The van der Waals surface area contributed by atoms with Gasteiger partial charge >= 0.3 is 0 Å². The van der Waals surface area contributed by atoms with E-state index >= 15 is 0 Å². The van der Waals surface area contributed by atoms with Gasteiger partial charge in [-0.25, -0.2) is 0 Å². The average molecular weight is 223 g/mol. The first-order valence-electron chi connectivity index (χ1n) is 5.34. The Balaban J connectivity index is 1.98. The summed E-state index contributed by atoms with van der Waals surface area (Å²) in [5.74, 6) is 1.61. The van der Waals surface area contributed by atoms with Crippen LogP contribution in [0.3, 0.4) is 0 Å². The van der Waals surface area contributed by atoms with Gasteiger partial charge in [-0.1, -0.05) is 12.1 Å². The predicted octanol–water partition coefficient (Wildman–Crippen LogP) is 2.24. The maximum Gasteiger partial charge on any atom is 0.231 e. The molecule has 0 radical (unpaired) electrons. The van der Waals surface area contributed by atoms with Crippen LogP contribution in [0.25, 0.3) is 0 Å². The first kappa shape index (κ1) is 11.2. The number of fused-ring (bicyclic) bond motifs is 1. The van der Waals surface area contributed by atoms with Crippen molar-refractivity contribution >= 4 is 0 Å². The normalized spacial score (nSPS) is 14.2. The first-order chi connectivity index (χ1) is 7.56. The van der Waals surface area contributed by atoms with E-state index in [-0.39, 0.29) is 5.60 Å². The molecule has 0 amide bonds. The maximum absolute atomic E-state index is 5.45. The number of rotatable bonds is 3. The van der Waals surface area contributed by atoms with Gasteiger partial charge in [0.2, 0.25) is 6.79 Å². The highest BCUT2D eigenvalue weighted by molar-refractivity contribution is 5.47. The van der Waals surface area contributed by atoms with Gasteiger partial charge in [-0.05, 0) is 26.8 Å². The van der Waals surface area contributed by atoms with Gasteiger partial charge in [-0.15, -0.1) is 0 Å². The summed E-state index contributed by atoms with van der Waals surface area (Å²) in [7, 11) is 0. The second-order valence-corrected chi connectivity index (χ2v) is 4.69. The molecule has 0 saturated carbocycles. The molecule has 0 aliphatic carbocycles. The summed E-state index contributed by atoms with van der Waals surface area (Å²) in [6, 6.07) is 5.84. The minimum atomic E-state index is -0.199. The molecule has 2 rings (SSSR count). The van der Waals surface area contributed by atoms with Crippen molar-refractivity contribution in [2.75, 3.05) is 6.79 Å². The van der Waals surface area contributed by atoms with Crippen LogP contribution in [-0.4, -0.2) is 12.4 Å². The predicted molar refractivity (Wildman–Crippen MR) is 60.2 cm³/mol. The molecule has 1 aromatic rings. The van der Waals surface area contributed by atoms with E-state index in [1.807, 2.05) is 39.0 Å². The minimum absolute atomic E-state index is 0.199. The van der Waals surface area contributed by atoms with Gasteiger partial charge in [0.25, 0.3) is 0 Å². The number of para-hydroxylation sites is 1. The number of hydroxylamine groups is 1. The third kappa shape index (κ3) is 2.65. The molecule has 88 valence electrons. The van der Waals surface area contributed by atoms with Gasteiger partial charge in [0.05, 0.1) is 5.60 Å². The molecule has 1 N–H and O–H groups in total. The number of benzene rings is 1. The third-order valence-corrected chi connectivity index (χ3v) is 2.12. The Kier molecular flexibility index (Phi) is 3.03. The Morgan fingerprint density at radius 3 is 2.88 bits per heavy atom. The lowest BCUT2D eigenvalue weighted by atomic mass is 10.2. The van der Waals surface area contributed by atoms with Crippen LogP contribution in [0.2, 0.25) is 0 Å². The van der Waals surface area contributed by atoms with E-state index in [1.165, 1.54) is 0 Å². The second kappa shape index (κ2) is 4.31. The lowest BCUT2D eigenvalue weighted by molar-refractivity contribution is -0.0759. The van der Waals surface area contributed by atoms with Gasteiger partial charge in [0.1, 0.15) is 0 Å². The number of hydrogen-bond donors (Lipinski definition) is 1. The van der Waals surface area contributed by atoms with Crippen molar-refractivity contribution in [3.63, 3.8) is 0 Å². The lowest BCUT2D eigenvalue weighted by Crippen LogP contribution is -2.28. The molecule has 1 aliphatic rings. The summed E-state index contributed by atoms with van der Waals surface area (Å²) in [5, 5.41) is 0. The molecular weight excluding hydrogens is 206 g/mol. The van der Waals surface area contributed by atoms with Crippen LogP contribution in [0.15, 0.2) is 18.2 Å². The van der Waals surface area contributed by atoms with Crippen LogP contribution in [0.4, 0.5) is 0 Å². The topological polar surface area (TPSA) is 39.7 Å². The highest BCUT2D eigenvalue weighted by atomic mass is 16.7. The number of nitrogens with one attached hydrogen (secondary N) is 1. The monoisotopic (exact) mass is 223 g/mol. The average Bonchev–Trinajstić information content (AvgIpc) is 2.64. The van der Waals surface area contributed by atoms with Gasteiger partial charge < -0.3 is 9.47 Å². The fraction of sp³-hybridized carbons (Fsp3) is 0.500. The smallest absolute Gasteiger partial charge is 0.231 e. The van der Waals surface area contributed by atoms with Crippen LogP contribution >= 0.6 is 0 Å². The summed E-state index contributed by atoms with van der Waals surface area (Å²) >= 11 is 0. The summed E-state index contributed by atoms with van der Waals surface area (Å²) in [4.78, 5) is 5.45. The number of hydrogen-bond acceptors (Lipinski definition) is 4. The molecule has 0 bridgehead atoms. The van der Waals surface area contributed by atoms with E-state index in [9.17, 15) is 0 Å². The Hall–Kier alpha value is -1.26. The van der Waals surface area contributed by atoms with Crippen LogP contribution in [0.5, 0.6) is 11.5 Å². The molecule has 0 spiro atoms. The summed E-state index contributed by atoms with van der Waals surface area (Å²) < 4.78 is 10.7. The number of ether oxygens (including phenoxy) is 2. The Morgan fingerprint density at radius 1 is 1.31 bits per heavy atom. The zero-order valence-corrected chi connectivity index (χ0v) is 9.87. The molecule has 1 aliphatic heterocycles. The molecule has 4 heteroatoms. The third-order valence-electron chi connectivity index (χ3n) is 2.12. The second-order valence-electron chi connectivity index (χ2n) is 4.69. The van der Waals surface area contributed by atoms with Gasteiger partial charge in [0.15, 0.2) is 11.5 Å². The fourth-order valence-corrected chi connectivity index (χ4v) is 1.46. The zero-order chi connectivity index (χ0) is 11.6. The van der Waals surface area contributed by atoms with Crippen molar-refractivity contribution < 1.29 is 14.3 Å². The van der Waals surface area contributed by atoms with E-state index in [2.05, 4.69) is 5.48 Å². The standard InChI is InChI=1S/C12H17NO3/c1-12(2,3)16-13-7-9-5-4-6-10-11(9)15-8-14-10/h4-6,13H,7-8H2,1-3H3. The molecule has 0 fully saturated rings. The van der Waals surface area contributed by atoms with Gasteiger partial charge in [0, 0.05) is 12.1 Å². The van der Waals surface area contributed by atoms with Gasteiger partial charge in [-0.2, -0.15) is 5.48 Å². The molecular formula is C12H17NO3. The summed E-state index contributed by atoms with van der Waals surface area (Å²) in [6.07, 6.45) is 0. The Bertz CT molecular complexity index is 371. The largest absolute Gasteiger partial charge is 0.454 e. The Labute approximate surface area is 95.5 Å². The molecule has 1 aromatic carbocycles. The molecule has 0 atom stereocenters. The fourth-order valence-electron chi connectivity index (χ4n) is 1.46. The van der Waals surface area contributed by atoms with Crippen molar-refractivity contribution in [3.05, 3.63) is 23.8 Å². The first-order valence-corrected chi connectivity index (χ1v) is 5.34. The van der Waals surface area contributed by atoms with E-state index in [4.69, 9.17) is 14.3 Å². The van der Waals surface area contributed by atoms with Crippen molar-refractivity contribution in [2.45, 2.75) is 32.9 Å². The van der Waals surface area contributed by atoms with Crippen molar-refractivity contribution in [1.82, 2.24) is 5.48 Å². The van der Waals surface area contributed by atoms with Crippen LogP contribution in [-0.2, 0) is 11.4 Å². The van der Waals surface area contributed by atoms with Crippen molar-refractivity contribution in [2.24, 2.45) is 0 Å². The van der Waals surface area contributed by atoms with Crippen molar-refractivity contribution in [3.8, 4) is 11.5 Å². The highest BCUT2D eigenvalue weighted by Gasteiger charge is 2.17. The van der Waals surface area contributed by atoms with Crippen LogP contribution < -0.4 is 15.0 Å². The highest BCUT2D eigenvalue weighted by Crippen LogP contribution is 2.35. The van der Waals surface area contributed by atoms with Crippen LogP contribution in [0.1, 0.15) is 26.3 Å². The molecule has 1 heterocycles. The van der Waals surface area contributed by atoms with Crippen LogP contribution in [0, 0.1) is 0 Å². The zero-order valence-electron chi connectivity index (χ0n) is 9.87. The van der Waals surface area contributed by atoms with E-state index in [1.54, 1.807) is 0 Å². The maximum atomic E-state index is 5.45. The Morgan fingerprint density at radius 2 is 2.12 bits per heavy atom. The summed E-state index contributed by atoms with van der Waals surface area (Å²) in [6.45, 7) is 6.88. The molecule has 4 nitrogen and oxygen atoms in total. The van der Waals surface area contributed by atoms with E-state index < -0.39 is 0 Å². The van der Waals surface area contributed by atoms with Crippen molar-refractivity contribution in [1.29, 1.82) is 0 Å². The quantitative estimate of drug-likeness (QED) is 0.798. The minimum Gasteiger partial charge on any atom is -0.454 e. The molecule has 0 saturated heterocycles. The van der Waals surface area contributed by atoms with E-state index in [0.717, 1.165) is 17.1 Å².